The molecule has 1 heterocycles. The van der Waals surface area contributed by atoms with Crippen LogP contribution < -0.4 is 20.7 Å². The molecule has 1 saturated carbocycles. The maximum absolute atomic E-state index is 12.6. The average molecular weight is 467 g/mol. The lowest BCUT2D eigenvalue weighted by Gasteiger charge is -2.29. The molecule has 2 aromatic rings. The Kier molecular flexibility index (Phi) is 8.26. The highest BCUT2D eigenvalue weighted by Gasteiger charge is 2.32. The van der Waals surface area contributed by atoms with Gasteiger partial charge in [0.05, 0.1) is 4.92 Å². The number of halogens is 3. The molecule has 1 radical (unpaired) electrons. The van der Waals surface area contributed by atoms with Crippen LogP contribution in [-0.4, -0.2) is 40.4 Å². The van der Waals surface area contributed by atoms with Crippen molar-refractivity contribution in [3.8, 4) is 5.75 Å². The molecule has 3 N–H and O–H groups in total. The molecule has 1 aromatic heterocycles. The zero-order valence-corrected chi connectivity index (χ0v) is 17.9. The summed E-state index contributed by atoms with van der Waals surface area (Å²) in [5, 5.41) is 20.6. The molecule has 9 nitrogen and oxygen atoms in total. The Morgan fingerprint density at radius 2 is 1.91 bits per heavy atom. The van der Waals surface area contributed by atoms with Crippen LogP contribution in [-0.2, 0) is 6.54 Å². The average Bonchev–Trinajstić information content (AvgIpc) is 2.77. The highest BCUT2D eigenvalue weighted by molar-refractivity contribution is 5.57. The molecule has 0 amide bonds. The summed E-state index contributed by atoms with van der Waals surface area (Å²) in [6.07, 6.45) is 0.236. The summed E-state index contributed by atoms with van der Waals surface area (Å²) < 4.78 is 41.9. The molecule has 0 aliphatic heterocycles. The van der Waals surface area contributed by atoms with Crippen LogP contribution in [0.15, 0.2) is 30.5 Å². The van der Waals surface area contributed by atoms with E-state index in [0.717, 1.165) is 31.9 Å². The molecule has 0 saturated heterocycles. The van der Waals surface area contributed by atoms with Gasteiger partial charge in [0.25, 0.3) is 0 Å². The monoisotopic (exact) mass is 467 g/mol. The Labute approximate surface area is 189 Å². The van der Waals surface area contributed by atoms with Crippen LogP contribution >= 0.6 is 0 Å². The molecule has 1 aliphatic rings. The van der Waals surface area contributed by atoms with E-state index in [1.165, 1.54) is 18.2 Å². The van der Waals surface area contributed by atoms with Crippen molar-refractivity contribution in [2.45, 2.75) is 44.6 Å². The zero-order valence-electron chi connectivity index (χ0n) is 17.9. The van der Waals surface area contributed by atoms with Crippen molar-refractivity contribution >= 4 is 17.5 Å². The van der Waals surface area contributed by atoms with Crippen molar-refractivity contribution in [2.24, 2.45) is 5.92 Å². The van der Waals surface area contributed by atoms with Gasteiger partial charge in [0.1, 0.15) is 11.9 Å². The predicted molar refractivity (Wildman–Crippen MR) is 117 cm³/mol. The standard InChI is InChI=1S/C21H26F3N6O3/c1-2-25-16-9-7-14(8-10-16)11-26-19-17(30(31)32)13-28-20(29-19)27-12-15-5-3-4-6-18(15)33-21(22,23)24/h3-6,13-14,16,25H,1-2,7-12H2,(H2,26,27,28,29). The largest absolute Gasteiger partial charge is 0.573 e. The molecule has 12 heteroatoms. The first-order chi connectivity index (χ1) is 15.7. The number of hydrogen-bond donors (Lipinski definition) is 3. The highest BCUT2D eigenvalue weighted by Crippen LogP contribution is 2.29. The first kappa shape index (κ1) is 24.5. The number of hydrogen-bond acceptors (Lipinski definition) is 8. The van der Waals surface area contributed by atoms with Crippen molar-refractivity contribution in [2.75, 3.05) is 23.7 Å². The van der Waals surface area contributed by atoms with Crippen LogP contribution in [0.5, 0.6) is 5.75 Å². The Balaban J connectivity index is 1.64. The number of ether oxygens (including phenoxy) is 1. The Bertz CT molecular complexity index is 936. The molecule has 3 rings (SSSR count). The van der Waals surface area contributed by atoms with Gasteiger partial charge in [-0.2, -0.15) is 4.98 Å². The summed E-state index contributed by atoms with van der Waals surface area (Å²) in [6.45, 7) is 4.95. The molecule has 0 bridgehead atoms. The van der Waals surface area contributed by atoms with Crippen LogP contribution in [0.3, 0.4) is 0 Å². The van der Waals surface area contributed by atoms with E-state index < -0.39 is 11.3 Å². The SMILES string of the molecule is [CH2]CNC1CCC(CNc2nc(NCc3ccccc3OC(F)(F)F)ncc2[N+](=O)[O-])CC1. The third-order valence-electron chi connectivity index (χ3n) is 5.44. The number of benzene rings is 1. The fourth-order valence-electron chi connectivity index (χ4n) is 3.79. The van der Waals surface area contributed by atoms with Crippen molar-refractivity contribution in [1.29, 1.82) is 0 Å². The van der Waals surface area contributed by atoms with Gasteiger partial charge in [-0.05, 0) is 51.1 Å². The predicted octanol–water partition coefficient (Wildman–Crippen LogP) is 4.29. The summed E-state index contributed by atoms with van der Waals surface area (Å²) in [5.74, 6) is 0.121. The lowest BCUT2D eigenvalue weighted by Crippen LogP contribution is -2.34. The fourth-order valence-corrected chi connectivity index (χ4v) is 3.79. The van der Waals surface area contributed by atoms with E-state index in [-0.39, 0.29) is 35.3 Å². The number of rotatable bonds is 10. The minimum absolute atomic E-state index is 0.0493. The number of anilines is 2. The van der Waals surface area contributed by atoms with E-state index in [1.54, 1.807) is 6.07 Å². The van der Waals surface area contributed by atoms with Crippen molar-refractivity contribution < 1.29 is 22.8 Å². The van der Waals surface area contributed by atoms with E-state index >= 15 is 0 Å². The third kappa shape index (κ3) is 7.45. The summed E-state index contributed by atoms with van der Waals surface area (Å²) in [5.41, 5.74) is -0.0345. The Hall–Kier alpha value is -3.15. The molecular weight excluding hydrogens is 441 g/mol. The van der Waals surface area contributed by atoms with E-state index in [9.17, 15) is 23.3 Å². The van der Waals surface area contributed by atoms with E-state index in [0.29, 0.717) is 25.0 Å². The number of nitrogens with one attached hydrogen (secondary N) is 3. The molecule has 179 valence electrons. The van der Waals surface area contributed by atoms with Gasteiger partial charge in [-0.15, -0.1) is 13.2 Å². The first-order valence-corrected chi connectivity index (χ1v) is 10.6. The molecule has 1 aliphatic carbocycles. The molecule has 33 heavy (non-hydrogen) atoms. The first-order valence-electron chi connectivity index (χ1n) is 10.6. The third-order valence-corrected chi connectivity index (χ3v) is 5.44. The molecular formula is C21H26F3N6O3. The number of para-hydroxylation sites is 1. The van der Waals surface area contributed by atoms with Gasteiger partial charge in [-0.1, -0.05) is 18.2 Å². The lowest BCUT2D eigenvalue weighted by molar-refractivity contribution is -0.384. The van der Waals surface area contributed by atoms with E-state index in [4.69, 9.17) is 0 Å². The topological polar surface area (TPSA) is 114 Å². The normalized spacial score (nSPS) is 18.5. The molecule has 0 spiro atoms. The Morgan fingerprint density at radius 1 is 1.18 bits per heavy atom. The number of nitro groups is 1. The van der Waals surface area contributed by atoms with Crippen LogP contribution in [0.2, 0.25) is 0 Å². The van der Waals surface area contributed by atoms with Crippen LogP contribution in [0.1, 0.15) is 31.2 Å². The van der Waals surface area contributed by atoms with Gasteiger partial charge >= 0.3 is 12.0 Å². The highest BCUT2D eigenvalue weighted by atomic mass is 19.4. The van der Waals surface area contributed by atoms with Gasteiger partial charge in [-0.25, -0.2) is 4.98 Å². The van der Waals surface area contributed by atoms with Gasteiger partial charge in [0, 0.05) is 24.7 Å². The van der Waals surface area contributed by atoms with Gasteiger partial charge in [0.2, 0.25) is 11.8 Å². The minimum atomic E-state index is -4.82. The molecule has 1 fully saturated rings. The second-order valence-corrected chi connectivity index (χ2v) is 7.75. The maximum Gasteiger partial charge on any atom is 0.573 e. The number of nitrogens with zero attached hydrogens (tertiary/aromatic N) is 3. The Morgan fingerprint density at radius 3 is 2.58 bits per heavy atom. The van der Waals surface area contributed by atoms with E-state index in [2.05, 4.69) is 37.6 Å². The van der Waals surface area contributed by atoms with Crippen molar-refractivity contribution in [3.05, 3.63) is 53.1 Å². The quantitative estimate of drug-likeness (QED) is 0.350. The second kappa shape index (κ2) is 11.1. The summed E-state index contributed by atoms with van der Waals surface area (Å²) in [6, 6.07) is 6.13. The molecule has 0 atom stereocenters. The van der Waals surface area contributed by atoms with Gasteiger partial charge in [0.15, 0.2) is 0 Å². The summed E-state index contributed by atoms with van der Waals surface area (Å²) in [4.78, 5) is 18.9. The zero-order chi connectivity index (χ0) is 23.8. The minimum Gasteiger partial charge on any atom is -0.405 e. The second-order valence-electron chi connectivity index (χ2n) is 7.75. The molecule has 1 aromatic carbocycles. The summed E-state index contributed by atoms with van der Waals surface area (Å²) >= 11 is 0. The summed E-state index contributed by atoms with van der Waals surface area (Å²) in [7, 11) is 0. The maximum atomic E-state index is 12.6. The van der Waals surface area contributed by atoms with Crippen molar-refractivity contribution in [1.82, 2.24) is 15.3 Å². The van der Waals surface area contributed by atoms with Crippen LogP contribution in [0, 0.1) is 23.0 Å². The lowest BCUT2D eigenvalue weighted by atomic mass is 9.86. The fraction of sp³-hybridized carbons (Fsp3) is 0.476. The van der Waals surface area contributed by atoms with Gasteiger partial charge < -0.3 is 20.7 Å². The molecule has 0 unspecified atom stereocenters. The van der Waals surface area contributed by atoms with Crippen LogP contribution in [0.25, 0.3) is 0 Å². The van der Waals surface area contributed by atoms with Crippen LogP contribution in [0.4, 0.5) is 30.6 Å². The number of aromatic nitrogens is 2. The van der Waals surface area contributed by atoms with E-state index in [1.807, 2.05) is 0 Å². The van der Waals surface area contributed by atoms with Gasteiger partial charge in [-0.3, -0.25) is 10.1 Å². The smallest absolute Gasteiger partial charge is 0.405 e. The van der Waals surface area contributed by atoms with Crippen molar-refractivity contribution in [3.63, 3.8) is 0 Å². The number of alkyl halides is 3.